The maximum atomic E-state index is 12.2. The molecule has 2 rings (SSSR count). The summed E-state index contributed by atoms with van der Waals surface area (Å²) in [6, 6.07) is 0. The molecule has 2 aliphatic heterocycles. The maximum Gasteiger partial charge on any atom is 0.303 e. The molecule has 248 valence electrons. The van der Waals surface area contributed by atoms with Crippen LogP contribution in [-0.2, 0) is 80.9 Å². The lowest BCUT2D eigenvalue weighted by atomic mass is 9.95. The molecule has 18 heteroatoms. The molecule has 2 fully saturated rings. The van der Waals surface area contributed by atoms with Gasteiger partial charge in [-0.05, 0) is 0 Å². The molecule has 0 saturated carbocycles. The average molecular weight is 637 g/mol. The monoisotopic (exact) mass is 636 g/mol. The summed E-state index contributed by atoms with van der Waals surface area (Å²) in [5.74, 6) is -8.72. The van der Waals surface area contributed by atoms with E-state index in [9.17, 15) is 38.7 Å². The van der Waals surface area contributed by atoms with Crippen LogP contribution in [0.4, 0.5) is 0 Å². The van der Waals surface area contributed by atoms with Gasteiger partial charge in [-0.15, -0.1) is 0 Å². The molecule has 0 bridgehead atoms. The van der Waals surface area contributed by atoms with Crippen LogP contribution in [0.15, 0.2) is 0 Å². The van der Waals surface area contributed by atoms with Gasteiger partial charge in [-0.25, -0.2) is 0 Å². The van der Waals surface area contributed by atoms with E-state index in [2.05, 4.69) is 0 Å². The predicted molar refractivity (Wildman–Crippen MR) is 135 cm³/mol. The molecular weight excluding hydrogens is 600 g/mol. The van der Waals surface area contributed by atoms with Gasteiger partial charge in [0.05, 0.1) is 6.61 Å². The van der Waals surface area contributed by atoms with Gasteiger partial charge in [0.1, 0.15) is 19.3 Å². The number of carbonyl (C=O) groups is 7. The van der Waals surface area contributed by atoms with Crippen molar-refractivity contribution >= 4 is 41.8 Å². The third-order valence-corrected chi connectivity index (χ3v) is 5.94. The molecular formula is C26H36O18. The van der Waals surface area contributed by atoms with E-state index in [1.54, 1.807) is 0 Å². The Morgan fingerprint density at radius 2 is 1.11 bits per heavy atom. The topological polar surface area (TPSA) is 232 Å². The van der Waals surface area contributed by atoms with E-state index >= 15 is 0 Å². The zero-order chi connectivity index (χ0) is 33.4. The molecule has 0 aliphatic carbocycles. The van der Waals surface area contributed by atoms with Gasteiger partial charge in [0.2, 0.25) is 5.79 Å². The van der Waals surface area contributed by atoms with Gasteiger partial charge in [0.25, 0.3) is 0 Å². The Bertz CT molecular complexity index is 1100. The van der Waals surface area contributed by atoms with Gasteiger partial charge in [-0.3, -0.25) is 33.6 Å². The van der Waals surface area contributed by atoms with Gasteiger partial charge in [0.15, 0.2) is 42.9 Å². The van der Waals surface area contributed by atoms with E-state index in [0.29, 0.717) is 0 Å². The molecule has 2 aliphatic rings. The van der Waals surface area contributed by atoms with E-state index in [4.69, 9.17) is 47.4 Å². The van der Waals surface area contributed by atoms with Crippen molar-refractivity contribution in [2.24, 2.45) is 0 Å². The second-order valence-electron chi connectivity index (χ2n) is 9.78. The average Bonchev–Trinajstić information content (AvgIpc) is 2.87. The summed E-state index contributed by atoms with van der Waals surface area (Å²) in [6.07, 6.45) is -13.2. The number of carbonyl (C=O) groups excluding carboxylic acids is 7. The number of hydrogen-bond acceptors (Lipinski definition) is 18. The van der Waals surface area contributed by atoms with Gasteiger partial charge in [-0.2, -0.15) is 0 Å². The molecule has 0 spiro atoms. The highest BCUT2D eigenvalue weighted by molar-refractivity contribution is 5.69. The molecule has 1 N–H and O–H groups in total. The number of rotatable bonds is 11. The van der Waals surface area contributed by atoms with Crippen LogP contribution in [0.1, 0.15) is 48.5 Å². The summed E-state index contributed by atoms with van der Waals surface area (Å²) in [5, 5.41) is 11.5. The second kappa shape index (κ2) is 15.7. The SMILES string of the molecule is CC(=O)OCC1OC(OC2C(OC(C)=O)C(OC(C)=O)COC2(O)COC(C)=O)C(OC(C)=O)C(OC(C)=O)C1OC(C)=O. The fourth-order valence-electron chi connectivity index (χ4n) is 4.45. The predicted octanol–water partition coefficient (Wildman–Crippen LogP) is -1.40. The van der Waals surface area contributed by atoms with Crippen LogP contribution in [0, 0.1) is 0 Å². The van der Waals surface area contributed by atoms with Crippen molar-refractivity contribution in [3.8, 4) is 0 Å². The van der Waals surface area contributed by atoms with E-state index in [0.717, 1.165) is 48.5 Å². The Kier molecular flexibility index (Phi) is 13.0. The van der Waals surface area contributed by atoms with E-state index in [1.165, 1.54) is 0 Å². The van der Waals surface area contributed by atoms with Crippen molar-refractivity contribution in [3.05, 3.63) is 0 Å². The first-order valence-corrected chi connectivity index (χ1v) is 13.2. The number of hydrogen-bond donors (Lipinski definition) is 1. The van der Waals surface area contributed by atoms with Crippen LogP contribution in [0.3, 0.4) is 0 Å². The smallest absolute Gasteiger partial charge is 0.303 e. The highest BCUT2D eigenvalue weighted by Gasteiger charge is 2.59. The van der Waals surface area contributed by atoms with Gasteiger partial charge in [-0.1, -0.05) is 0 Å². The Labute approximate surface area is 251 Å². The molecule has 18 nitrogen and oxygen atoms in total. The van der Waals surface area contributed by atoms with Crippen molar-refractivity contribution in [1.82, 2.24) is 0 Å². The molecule has 2 saturated heterocycles. The Balaban J connectivity index is 2.69. The highest BCUT2D eigenvalue weighted by atomic mass is 16.8. The Morgan fingerprint density at radius 1 is 0.636 bits per heavy atom. The minimum Gasteiger partial charge on any atom is -0.463 e. The molecule has 0 amide bonds. The quantitative estimate of drug-likeness (QED) is 0.203. The molecule has 9 atom stereocenters. The zero-order valence-corrected chi connectivity index (χ0v) is 25.1. The third-order valence-electron chi connectivity index (χ3n) is 5.94. The van der Waals surface area contributed by atoms with Crippen LogP contribution >= 0.6 is 0 Å². The van der Waals surface area contributed by atoms with Crippen molar-refractivity contribution in [1.29, 1.82) is 0 Å². The zero-order valence-electron chi connectivity index (χ0n) is 25.1. The summed E-state index contributed by atoms with van der Waals surface area (Å²) in [5.41, 5.74) is 0. The summed E-state index contributed by atoms with van der Waals surface area (Å²) < 4.78 is 53.9. The van der Waals surface area contributed by atoms with Gasteiger partial charge in [0, 0.05) is 48.5 Å². The third kappa shape index (κ3) is 10.4. The fraction of sp³-hybridized carbons (Fsp3) is 0.731. The first kappa shape index (κ1) is 36.3. The molecule has 44 heavy (non-hydrogen) atoms. The Hall–Kier alpha value is -3.87. The molecule has 0 aromatic carbocycles. The Morgan fingerprint density at radius 3 is 1.61 bits per heavy atom. The summed E-state index contributed by atoms with van der Waals surface area (Å²) in [7, 11) is 0. The summed E-state index contributed by atoms with van der Waals surface area (Å²) >= 11 is 0. The van der Waals surface area contributed by atoms with E-state index in [1.807, 2.05) is 0 Å². The fourth-order valence-corrected chi connectivity index (χ4v) is 4.45. The van der Waals surface area contributed by atoms with Crippen molar-refractivity contribution in [3.63, 3.8) is 0 Å². The number of esters is 7. The maximum absolute atomic E-state index is 12.2. The minimum absolute atomic E-state index is 0.562. The first-order chi connectivity index (χ1) is 20.4. The second-order valence-corrected chi connectivity index (χ2v) is 9.78. The van der Waals surface area contributed by atoms with E-state index < -0.39 is 116 Å². The lowest BCUT2D eigenvalue weighted by molar-refractivity contribution is -0.387. The largest absolute Gasteiger partial charge is 0.463 e. The van der Waals surface area contributed by atoms with Crippen molar-refractivity contribution in [2.45, 2.75) is 103 Å². The van der Waals surface area contributed by atoms with Gasteiger partial charge < -0.3 is 52.5 Å². The van der Waals surface area contributed by atoms with Crippen LogP contribution in [0.2, 0.25) is 0 Å². The lowest BCUT2D eigenvalue weighted by Gasteiger charge is -2.49. The van der Waals surface area contributed by atoms with Crippen LogP contribution < -0.4 is 0 Å². The standard InChI is InChI=1S/C26H36O18/c1-11(27)35-8-18-20(39-14(4)30)22(41-16(6)32)23(42-17(7)33)25(43-18)44-24-21(40-15(5)31)19(38-13(3)29)9-37-26(24,34)10-36-12(2)28/h18-25,34H,8-10H2,1-7H3. The summed E-state index contributed by atoms with van der Waals surface area (Å²) in [6.45, 7) is 5.16. The summed E-state index contributed by atoms with van der Waals surface area (Å²) in [4.78, 5) is 83.5. The number of aliphatic hydroxyl groups is 1. The molecule has 2 heterocycles. The van der Waals surface area contributed by atoms with E-state index in [-0.39, 0.29) is 0 Å². The van der Waals surface area contributed by atoms with Gasteiger partial charge >= 0.3 is 41.8 Å². The van der Waals surface area contributed by atoms with Crippen molar-refractivity contribution < 1.29 is 86.0 Å². The van der Waals surface area contributed by atoms with Crippen LogP contribution in [0.5, 0.6) is 0 Å². The van der Waals surface area contributed by atoms with Crippen LogP contribution in [-0.4, -0.2) is 122 Å². The normalized spacial score (nSPS) is 31.5. The highest BCUT2D eigenvalue weighted by Crippen LogP contribution is 2.36. The minimum atomic E-state index is -2.61. The van der Waals surface area contributed by atoms with Crippen LogP contribution in [0.25, 0.3) is 0 Å². The lowest BCUT2D eigenvalue weighted by Crippen LogP contribution is -2.69. The van der Waals surface area contributed by atoms with Crippen molar-refractivity contribution in [2.75, 3.05) is 19.8 Å². The molecule has 0 aromatic heterocycles. The molecule has 0 aromatic rings. The number of ether oxygens (including phenoxy) is 10. The molecule has 9 unspecified atom stereocenters. The molecule has 0 radical (unpaired) electrons. The first-order valence-electron chi connectivity index (χ1n) is 13.2.